The number of thiazole rings is 1. The minimum absolute atomic E-state index is 0.00413. The summed E-state index contributed by atoms with van der Waals surface area (Å²) in [4.78, 5) is 32.3. The van der Waals surface area contributed by atoms with Crippen molar-refractivity contribution in [3.63, 3.8) is 0 Å². The van der Waals surface area contributed by atoms with E-state index < -0.39 is 18.4 Å². The van der Waals surface area contributed by atoms with Crippen LogP contribution in [-0.2, 0) is 4.79 Å². The standard InChI is InChI=1S/C22H28N4O3S/c1-4-10-25-13-16(3)26(14-15(25)2)20(22-23-9-11-30-22)17-5-7-18(8-6-17)21(29)24-12-19(27)28/h4-9,11,15-16,20H,1,10,12-14H2,2-3H3,(H,24,29)(H,27,28)/t15-,16+,20-/m1/s1. The summed E-state index contributed by atoms with van der Waals surface area (Å²) in [5.41, 5.74) is 1.51. The van der Waals surface area contributed by atoms with E-state index in [-0.39, 0.29) is 6.04 Å². The van der Waals surface area contributed by atoms with Crippen molar-refractivity contribution in [1.82, 2.24) is 20.1 Å². The highest BCUT2D eigenvalue weighted by Crippen LogP contribution is 2.34. The number of carboxylic acids is 1. The average molecular weight is 429 g/mol. The largest absolute Gasteiger partial charge is 0.480 e. The Balaban J connectivity index is 1.84. The van der Waals surface area contributed by atoms with Crippen LogP contribution < -0.4 is 5.32 Å². The monoisotopic (exact) mass is 428 g/mol. The summed E-state index contributed by atoms with van der Waals surface area (Å²) in [5.74, 6) is -1.46. The second kappa shape index (κ2) is 9.97. The maximum Gasteiger partial charge on any atom is 0.322 e. The van der Waals surface area contributed by atoms with E-state index in [1.165, 1.54) is 0 Å². The molecule has 1 aromatic carbocycles. The van der Waals surface area contributed by atoms with Gasteiger partial charge in [-0.25, -0.2) is 4.98 Å². The first kappa shape index (κ1) is 22.1. The van der Waals surface area contributed by atoms with E-state index in [0.717, 1.165) is 30.2 Å². The Labute approximate surface area is 181 Å². The number of amides is 1. The molecule has 1 aromatic heterocycles. The molecule has 1 aliphatic heterocycles. The molecule has 2 heterocycles. The highest BCUT2D eigenvalue weighted by molar-refractivity contribution is 7.09. The van der Waals surface area contributed by atoms with E-state index in [9.17, 15) is 9.59 Å². The van der Waals surface area contributed by atoms with Gasteiger partial charge in [0, 0.05) is 48.9 Å². The van der Waals surface area contributed by atoms with Crippen molar-refractivity contribution < 1.29 is 14.7 Å². The van der Waals surface area contributed by atoms with Crippen LogP contribution >= 0.6 is 11.3 Å². The van der Waals surface area contributed by atoms with Crippen LogP contribution in [0.1, 0.15) is 40.8 Å². The van der Waals surface area contributed by atoms with E-state index >= 15 is 0 Å². The molecule has 1 aliphatic rings. The number of rotatable bonds is 8. The van der Waals surface area contributed by atoms with Gasteiger partial charge in [-0.05, 0) is 31.5 Å². The molecule has 0 bridgehead atoms. The van der Waals surface area contributed by atoms with Crippen molar-refractivity contribution >= 4 is 23.2 Å². The van der Waals surface area contributed by atoms with Gasteiger partial charge in [-0.2, -0.15) is 0 Å². The number of benzene rings is 1. The first-order chi connectivity index (χ1) is 14.4. The zero-order chi connectivity index (χ0) is 21.7. The molecule has 30 heavy (non-hydrogen) atoms. The molecule has 7 nitrogen and oxygen atoms in total. The molecule has 3 atom stereocenters. The molecular formula is C22H28N4O3S. The van der Waals surface area contributed by atoms with Gasteiger partial charge in [0.15, 0.2) is 0 Å². The molecule has 1 fully saturated rings. The van der Waals surface area contributed by atoms with Gasteiger partial charge in [-0.15, -0.1) is 17.9 Å². The van der Waals surface area contributed by atoms with E-state index in [2.05, 4.69) is 40.5 Å². The molecule has 2 N–H and O–H groups in total. The lowest BCUT2D eigenvalue weighted by molar-refractivity contribution is -0.135. The van der Waals surface area contributed by atoms with E-state index in [1.54, 1.807) is 23.5 Å². The predicted molar refractivity (Wildman–Crippen MR) is 118 cm³/mol. The Kier molecular flexibility index (Phi) is 7.36. The SMILES string of the molecule is C=CCN1C[C@H](C)N([C@H](c2ccc(C(=O)NCC(=O)O)cc2)c2nccs2)C[C@H]1C. The number of hydrogen-bond acceptors (Lipinski definition) is 6. The van der Waals surface area contributed by atoms with Crippen LogP contribution in [0.15, 0.2) is 48.5 Å². The highest BCUT2D eigenvalue weighted by atomic mass is 32.1. The van der Waals surface area contributed by atoms with Crippen molar-refractivity contribution in [2.75, 3.05) is 26.2 Å². The van der Waals surface area contributed by atoms with Crippen LogP contribution in [0.3, 0.4) is 0 Å². The summed E-state index contributed by atoms with van der Waals surface area (Å²) in [6.45, 7) is 10.7. The summed E-state index contributed by atoms with van der Waals surface area (Å²) in [7, 11) is 0. The normalized spacial score (nSPS) is 21.1. The second-order valence-electron chi connectivity index (χ2n) is 7.61. The first-order valence-corrected chi connectivity index (χ1v) is 10.9. The van der Waals surface area contributed by atoms with Gasteiger partial charge in [0.1, 0.15) is 11.6 Å². The quantitative estimate of drug-likeness (QED) is 0.629. The van der Waals surface area contributed by atoms with E-state index in [4.69, 9.17) is 5.11 Å². The summed E-state index contributed by atoms with van der Waals surface area (Å²) in [6.07, 6.45) is 3.77. The Bertz CT molecular complexity index is 869. The molecule has 160 valence electrons. The van der Waals surface area contributed by atoms with Gasteiger partial charge in [-0.1, -0.05) is 18.2 Å². The summed E-state index contributed by atoms with van der Waals surface area (Å²) < 4.78 is 0. The lowest BCUT2D eigenvalue weighted by Crippen LogP contribution is -2.57. The van der Waals surface area contributed by atoms with Gasteiger partial charge < -0.3 is 10.4 Å². The van der Waals surface area contributed by atoms with Crippen molar-refractivity contribution in [3.05, 3.63) is 64.6 Å². The number of nitrogens with zero attached hydrogens (tertiary/aromatic N) is 3. The fourth-order valence-corrected chi connectivity index (χ4v) is 4.71. The molecular weight excluding hydrogens is 400 g/mol. The van der Waals surface area contributed by atoms with Crippen LogP contribution in [0, 0.1) is 0 Å². The van der Waals surface area contributed by atoms with E-state index in [1.807, 2.05) is 29.8 Å². The zero-order valence-corrected chi connectivity index (χ0v) is 18.1. The third-order valence-corrected chi connectivity index (χ3v) is 6.26. The van der Waals surface area contributed by atoms with Crippen LogP contribution in [0.5, 0.6) is 0 Å². The molecule has 2 aromatic rings. The third kappa shape index (κ3) is 5.13. The maximum atomic E-state index is 12.1. The number of piperazine rings is 1. The van der Waals surface area contributed by atoms with Crippen LogP contribution in [0.4, 0.5) is 0 Å². The molecule has 1 saturated heterocycles. The van der Waals surface area contributed by atoms with Crippen molar-refractivity contribution in [2.45, 2.75) is 32.0 Å². The van der Waals surface area contributed by atoms with Gasteiger partial charge in [0.05, 0.1) is 6.04 Å². The molecule has 0 saturated carbocycles. The van der Waals surface area contributed by atoms with Crippen LogP contribution in [0.2, 0.25) is 0 Å². The zero-order valence-electron chi connectivity index (χ0n) is 17.3. The van der Waals surface area contributed by atoms with Crippen molar-refractivity contribution in [1.29, 1.82) is 0 Å². The lowest BCUT2D eigenvalue weighted by atomic mass is 9.98. The average Bonchev–Trinajstić information content (AvgIpc) is 3.25. The number of carbonyl (C=O) groups is 2. The van der Waals surface area contributed by atoms with Gasteiger partial charge in [-0.3, -0.25) is 19.4 Å². The molecule has 8 heteroatoms. The summed E-state index contributed by atoms with van der Waals surface area (Å²) in [6, 6.07) is 8.09. The van der Waals surface area contributed by atoms with Crippen LogP contribution in [-0.4, -0.2) is 70.0 Å². The first-order valence-electron chi connectivity index (χ1n) is 10.0. The summed E-state index contributed by atoms with van der Waals surface area (Å²) >= 11 is 1.63. The Hall–Kier alpha value is -2.55. The highest BCUT2D eigenvalue weighted by Gasteiger charge is 2.35. The van der Waals surface area contributed by atoms with E-state index in [0.29, 0.717) is 17.6 Å². The smallest absolute Gasteiger partial charge is 0.322 e. The third-order valence-electron chi connectivity index (χ3n) is 5.43. The Morgan fingerprint density at radius 2 is 2.03 bits per heavy atom. The number of carboxylic acid groups (broad SMARTS) is 1. The van der Waals surface area contributed by atoms with Crippen molar-refractivity contribution in [2.24, 2.45) is 0 Å². The Morgan fingerprint density at radius 3 is 2.63 bits per heavy atom. The second-order valence-corrected chi connectivity index (χ2v) is 8.53. The summed E-state index contributed by atoms with van der Waals surface area (Å²) in [5, 5.41) is 14.1. The molecule has 0 spiro atoms. The predicted octanol–water partition coefficient (Wildman–Crippen LogP) is 2.63. The maximum absolute atomic E-state index is 12.1. The molecule has 1 amide bonds. The number of aliphatic carboxylic acids is 1. The topological polar surface area (TPSA) is 85.8 Å². The minimum atomic E-state index is -1.07. The number of carbonyl (C=O) groups excluding carboxylic acids is 1. The molecule has 0 aliphatic carbocycles. The van der Waals surface area contributed by atoms with Gasteiger partial charge in [0.2, 0.25) is 0 Å². The van der Waals surface area contributed by atoms with Gasteiger partial charge in [0.25, 0.3) is 5.91 Å². The lowest BCUT2D eigenvalue weighted by Gasteiger charge is -2.46. The number of nitrogens with one attached hydrogen (secondary N) is 1. The molecule has 3 rings (SSSR count). The molecule has 0 radical (unpaired) electrons. The van der Waals surface area contributed by atoms with Crippen LogP contribution in [0.25, 0.3) is 0 Å². The number of aromatic nitrogens is 1. The Morgan fingerprint density at radius 1 is 1.30 bits per heavy atom. The fourth-order valence-electron chi connectivity index (χ4n) is 3.93. The van der Waals surface area contributed by atoms with Crippen molar-refractivity contribution in [3.8, 4) is 0 Å². The number of hydrogen-bond donors (Lipinski definition) is 2. The fraction of sp³-hybridized carbons (Fsp3) is 0.409. The minimum Gasteiger partial charge on any atom is -0.480 e. The van der Waals surface area contributed by atoms with Gasteiger partial charge >= 0.3 is 5.97 Å². The molecule has 0 unspecified atom stereocenters.